The predicted molar refractivity (Wildman–Crippen MR) is 83.6 cm³/mol. The van der Waals surface area contributed by atoms with Gasteiger partial charge >= 0.3 is 5.97 Å². The maximum absolute atomic E-state index is 11.6. The molecule has 0 amide bonds. The van der Waals surface area contributed by atoms with Crippen LogP contribution in [0.4, 0.5) is 0 Å². The van der Waals surface area contributed by atoms with Gasteiger partial charge in [-0.3, -0.25) is 4.79 Å². The number of ether oxygens (including phenoxy) is 1. The van der Waals surface area contributed by atoms with E-state index in [9.17, 15) is 4.79 Å². The molecular formula is C17H16O2S. The highest BCUT2D eigenvalue weighted by Crippen LogP contribution is 2.16. The Kier molecular flexibility index (Phi) is 5.93. The molecule has 0 heterocycles. The van der Waals surface area contributed by atoms with Gasteiger partial charge in [-0.05, 0) is 23.8 Å². The second-order valence-electron chi connectivity index (χ2n) is 4.10. The lowest BCUT2D eigenvalue weighted by Crippen LogP contribution is -2.06. The van der Waals surface area contributed by atoms with E-state index in [4.69, 9.17) is 4.74 Å². The summed E-state index contributed by atoms with van der Waals surface area (Å²) >= 11 is 1.48. The summed E-state index contributed by atoms with van der Waals surface area (Å²) in [4.78, 5) is 12.6. The van der Waals surface area contributed by atoms with E-state index in [2.05, 4.69) is 0 Å². The van der Waals surface area contributed by atoms with Crippen LogP contribution in [-0.2, 0) is 9.53 Å². The molecule has 0 bridgehead atoms. The van der Waals surface area contributed by atoms with Crippen LogP contribution in [0, 0.1) is 0 Å². The number of benzene rings is 2. The Morgan fingerprint density at radius 3 is 2.35 bits per heavy atom. The minimum Gasteiger partial charge on any atom is -0.461 e. The topological polar surface area (TPSA) is 26.3 Å². The third-order valence-electron chi connectivity index (χ3n) is 2.55. The largest absolute Gasteiger partial charge is 0.461 e. The molecule has 0 aliphatic heterocycles. The molecule has 2 rings (SSSR count). The summed E-state index contributed by atoms with van der Waals surface area (Å²) < 4.78 is 5.14. The minimum absolute atomic E-state index is 0.198. The normalized spacial score (nSPS) is 10.6. The van der Waals surface area contributed by atoms with E-state index >= 15 is 0 Å². The number of esters is 1. The highest BCUT2D eigenvalue weighted by molar-refractivity contribution is 8.00. The molecule has 0 saturated carbocycles. The van der Waals surface area contributed by atoms with Crippen LogP contribution in [0.5, 0.6) is 0 Å². The lowest BCUT2D eigenvalue weighted by Gasteiger charge is -2.02. The number of carbonyl (C=O) groups is 1. The fraction of sp³-hybridized carbons (Fsp3) is 0.118. The fourth-order valence-corrected chi connectivity index (χ4v) is 2.31. The summed E-state index contributed by atoms with van der Waals surface area (Å²) in [6, 6.07) is 19.7. The Morgan fingerprint density at radius 2 is 1.65 bits per heavy atom. The van der Waals surface area contributed by atoms with Crippen molar-refractivity contribution in [2.75, 3.05) is 12.4 Å². The number of hydrogen-bond acceptors (Lipinski definition) is 3. The Bertz CT molecular complexity index is 550. The van der Waals surface area contributed by atoms with Crippen molar-refractivity contribution < 1.29 is 9.53 Å². The van der Waals surface area contributed by atoms with E-state index in [1.54, 1.807) is 0 Å². The average Bonchev–Trinajstić information content (AvgIpc) is 2.52. The van der Waals surface area contributed by atoms with Gasteiger partial charge in [0, 0.05) is 4.90 Å². The van der Waals surface area contributed by atoms with Crippen molar-refractivity contribution in [3.8, 4) is 0 Å². The smallest absolute Gasteiger partial charge is 0.316 e. The molecule has 0 spiro atoms. The quantitative estimate of drug-likeness (QED) is 0.591. The first kappa shape index (κ1) is 14.4. The first-order valence-electron chi connectivity index (χ1n) is 6.39. The summed E-state index contributed by atoms with van der Waals surface area (Å²) in [5.41, 5.74) is 1.10. The number of rotatable bonds is 6. The zero-order chi connectivity index (χ0) is 14.0. The second-order valence-corrected chi connectivity index (χ2v) is 5.15. The Morgan fingerprint density at radius 1 is 1.00 bits per heavy atom. The molecule has 2 aromatic rings. The maximum atomic E-state index is 11.6. The van der Waals surface area contributed by atoms with Crippen LogP contribution in [0.25, 0.3) is 6.08 Å². The summed E-state index contributed by atoms with van der Waals surface area (Å²) in [7, 11) is 0. The van der Waals surface area contributed by atoms with Gasteiger partial charge in [-0.25, -0.2) is 0 Å². The molecule has 0 N–H and O–H groups in total. The molecule has 0 aliphatic carbocycles. The van der Waals surface area contributed by atoms with Crippen molar-refractivity contribution in [3.05, 3.63) is 72.3 Å². The third-order valence-corrected chi connectivity index (χ3v) is 3.54. The van der Waals surface area contributed by atoms with E-state index in [0.717, 1.165) is 10.5 Å². The van der Waals surface area contributed by atoms with Crippen molar-refractivity contribution in [3.63, 3.8) is 0 Å². The molecule has 0 atom stereocenters. The van der Waals surface area contributed by atoms with Crippen LogP contribution >= 0.6 is 11.8 Å². The van der Waals surface area contributed by atoms with Crippen molar-refractivity contribution in [1.29, 1.82) is 0 Å². The molecular weight excluding hydrogens is 268 g/mol. The fourth-order valence-electron chi connectivity index (χ4n) is 1.59. The Balaban J connectivity index is 1.67. The SMILES string of the molecule is O=C(CSc1ccccc1)OC/C=C/c1ccccc1. The standard InChI is InChI=1S/C17H16O2S/c18-17(14-20-16-11-5-2-6-12-16)19-13-7-10-15-8-3-1-4-9-15/h1-12H,13-14H2/b10-7+. The average molecular weight is 284 g/mol. The molecule has 0 saturated heterocycles. The first-order valence-corrected chi connectivity index (χ1v) is 7.38. The van der Waals surface area contributed by atoms with Gasteiger partial charge in [0.05, 0.1) is 5.75 Å². The first-order chi connectivity index (χ1) is 9.84. The van der Waals surface area contributed by atoms with E-state index < -0.39 is 0 Å². The van der Waals surface area contributed by atoms with E-state index in [1.165, 1.54) is 11.8 Å². The minimum atomic E-state index is -0.198. The third kappa shape index (κ3) is 5.33. The molecule has 0 radical (unpaired) electrons. The number of hydrogen-bond donors (Lipinski definition) is 0. The van der Waals surface area contributed by atoms with Gasteiger partial charge in [0.25, 0.3) is 0 Å². The Hall–Kier alpha value is -2.00. The van der Waals surface area contributed by atoms with E-state index in [0.29, 0.717) is 12.4 Å². The zero-order valence-electron chi connectivity index (χ0n) is 11.1. The number of carbonyl (C=O) groups excluding carboxylic acids is 1. The summed E-state index contributed by atoms with van der Waals surface area (Å²) in [5, 5.41) is 0. The molecule has 0 aliphatic rings. The summed E-state index contributed by atoms with van der Waals surface area (Å²) in [5.74, 6) is 0.139. The zero-order valence-corrected chi connectivity index (χ0v) is 11.9. The molecule has 2 aromatic carbocycles. The molecule has 3 heteroatoms. The van der Waals surface area contributed by atoms with Gasteiger partial charge in [-0.1, -0.05) is 54.6 Å². The van der Waals surface area contributed by atoms with Crippen molar-refractivity contribution in [2.24, 2.45) is 0 Å². The molecule has 0 unspecified atom stereocenters. The van der Waals surface area contributed by atoms with Gasteiger partial charge in [0.15, 0.2) is 0 Å². The second kappa shape index (κ2) is 8.23. The summed E-state index contributed by atoms with van der Waals surface area (Å²) in [6.45, 7) is 0.309. The van der Waals surface area contributed by atoms with Crippen LogP contribution < -0.4 is 0 Å². The maximum Gasteiger partial charge on any atom is 0.316 e. The number of thioether (sulfide) groups is 1. The highest BCUT2D eigenvalue weighted by atomic mass is 32.2. The predicted octanol–water partition coefficient (Wildman–Crippen LogP) is 4.04. The summed E-state index contributed by atoms with van der Waals surface area (Å²) in [6.07, 6.45) is 3.79. The Labute approximate surface area is 123 Å². The molecule has 102 valence electrons. The monoisotopic (exact) mass is 284 g/mol. The molecule has 0 fully saturated rings. The van der Waals surface area contributed by atoms with Crippen molar-refractivity contribution >= 4 is 23.8 Å². The van der Waals surface area contributed by atoms with Gasteiger partial charge in [-0.2, -0.15) is 0 Å². The van der Waals surface area contributed by atoms with Crippen LogP contribution in [0.3, 0.4) is 0 Å². The molecule has 20 heavy (non-hydrogen) atoms. The van der Waals surface area contributed by atoms with Crippen molar-refractivity contribution in [2.45, 2.75) is 4.90 Å². The molecule has 2 nitrogen and oxygen atoms in total. The van der Waals surface area contributed by atoms with Crippen LogP contribution in [0.15, 0.2) is 71.6 Å². The lowest BCUT2D eigenvalue weighted by atomic mass is 10.2. The van der Waals surface area contributed by atoms with Crippen LogP contribution in [-0.4, -0.2) is 18.3 Å². The van der Waals surface area contributed by atoms with E-state index in [-0.39, 0.29) is 5.97 Å². The van der Waals surface area contributed by atoms with Crippen LogP contribution in [0.2, 0.25) is 0 Å². The van der Waals surface area contributed by atoms with Crippen molar-refractivity contribution in [1.82, 2.24) is 0 Å². The van der Waals surface area contributed by atoms with E-state index in [1.807, 2.05) is 72.8 Å². The highest BCUT2D eigenvalue weighted by Gasteiger charge is 2.02. The van der Waals surface area contributed by atoms with Crippen LogP contribution in [0.1, 0.15) is 5.56 Å². The van der Waals surface area contributed by atoms with Gasteiger partial charge in [-0.15, -0.1) is 11.8 Å². The van der Waals surface area contributed by atoms with Gasteiger partial charge < -0.3 is 4.74 Å². The molecule has 0 aromatic heterocycles. The lowest BCUT2D eigenvalue weighted by molar-refractivity contribution is -0.139. The van der Waals surface area contributed by atoms with Gasteiger partial charge in [0.2, 0.25) is 0 Å². The van der Waals surface area contributed by atoms with Gasteiger partial charge in [0.1, 0.15) is 6.61 Å².